The average molecular weight is 368 g/mol. The minimum atomic E-state index is -0.741. The van der Waals surface area contributed by atoms with Crippen molar-refractivity contribution in [3.05, 3.63) is 0 Å². The molecule has 1 saturated heterocycles. The van der Waals surface area contributed by atoms with Crippen LogP contribution in [-0.4, -0.2) is 74.9 Å². The van der Waals surface area contributed by atoms with Crippen molar-refractivity contribution in [1.82, 2.24) is 4.90 Å². The summed E-state index contributed by atoms with van der Waals surface area (Å²) in [5.74, 6) is 5.92. The molecule has 6 heteroatoms. The first-order valence-corrected chi connectivity index (χ1v) is 9.72. The molecule has 1 aliphatic heterocycles. The molecule has 0 bridgehead atoms. The molecule has 0 N–H and O–H groups in total. The molecule has 0 aliphatic carbocycles. The van der Waals surface area contributed by atoms with Crippen LogP contribution in [0.3, 0.4) is 0 Å². The number of carbonyl (C=O) groups is 2. The van der Waals surface area contributed by atoms with Gasteiger partial charge in [0.2, 0.25) is 0 Å². The minimum absolute atomic E-state index is 0.180. The Hall–Kier alpha value is -1.74. The predicted octanol–water partition coefficient (Wildman–Crippen LogP) is 2.81. The monoisotopic (exact) mass is 367 g/mol. The second-order valence-corrected chi connectivity index (χ2v) is 7.82. The van der Waals surface area contributed by atoms with Gasteiger partial charge in [-0.15, -0.1) is 0 Å². The zero-order chi connectivity index (χ0) is 19.4. The summed E-state index contributed by atoms with van der Waals surface area (Å²) < 4.78 is 11.0. The van der Waals surface area contributed by atoms with Crippen molar-refractivity contribution < 1.29 is 23.5 Å². The van der Waals surface area contributed by atoms with Crippen LogP contribution >= 0.6 is 0 Å². The van der Waals surface area contributed by atoms with E-state index in [4.69, 9.17) is 9.47 Å². The van der Waals surface area contributed by atoms with Gasteiger partial charge in [-0.25, -0.2) is 4.79 Å². The Balaban J connectivity index is 2.19. The van der Waals surface area contributed by atoms with E-state index >= 15 is 0 Å². The number of carbonyl (C=O) groups excluding carboxylic acids is 2. The van der Waals surface area contributed by atoms with E-state index < -0.39 is 12.3 Å². The van der Waals surface area contributed by atoms with Crippen LogP contribution in [-0.2, 0) is 14.3 Å². The number of amides is 1. The Morgan fingerprint density at radius 3 is 2.54 bits per heavy atom. The highest BCUT2D eigenvalue weighted by atomic mass is 16.7. The number of hydrogen-bond donors (Lipinski definition) is 0. The fourth-order valence-corrected chi connectivity index (χ4v) is 2.61. The first-order chi connectivity index (χ1) is 12.3. The van der Waals surface area contributed by atoms with Crippen molar-refractivity contribution in [2.45, 2.75) is 58.0 Å². The molecular weight excluding hydrogens is 332 g/mol. The van der Waals surface area contributed by atoms with Crippen LogP contribution in [0.4, 0.5) is 4.79 Å². The van der Waals surface area contributed by atoms with Crippen molar-refractivity contribution >= 4 is 12.1 Å². The van der Waals surface area contributed by atoms with E-state index in [0.717, 1.165) is 30.3 Å². The summed E-state index contributed by atoms with van der Waals surface area (Å²) >= 11 is 0. The normalized spacial score (nSPS) is 17.0. The van der Waals surface area contributed by atoms with E-state index in [1.54, 1.807) is 4.90 Å². The third-order valence-corrected chi connectivity index (χ3v) is 4.15. The molecule has 1 aliphatic rings. The Bertz CT molecular complexity index is 502. The fraction of sp³-hybridized carbons (Fsp3) is 0.800. The SMILES string of the molecule is CCCCCCCCOC(=O)O[C@H]1CCN(CC#CC[N+](C)(C)C)C1=O. The second kappa shape index (κ2) is 11.8. The largest absolute Gasteiger partial charge is 0.509 e. The number of likely N-dealkylation sites (tertiary alicyclic amines) is 1. The lowest BCUT2D eigenvalue weighted by molar-refractivity contribution is -0.862. The highest BCUT2D eigenvalue weighted by Crippen LogP contribution is 2.15. The van der Waals surface area contributed by atoms with Gasteiger partial charge in [0.1, 0.15) is 6.54 Å². The van der Waals surface area contributed by atoms with Crippen molar-refractivity contribution in [1.29, 1.82) is 0 Å². The molecule has 1 atom stereocenters. The van der Waals surface area contributed by atoms with E-state index in [2.05, 4.69) is 39.9 Å². The van der Waals surface area contributed by atoms with E-state index in [-0.39, 0.29) is 5.91 Å². The van der Waals surface area contributed by atoms with Crippen LogP contribution in [0, 0.1) is 11.8 Å². The zero-order valence-electron chi connectivity index (χ0n) is 16.9. The standard InChI is InChI=1S/C20H35N2O4/c1-5-6-7-8-9-12-17-25-20(24)26-18-13-15-21(19(18)23)14-10-11-16-22(2,3)4/h18H,5-9,12-17H2,1-4H3/q+1/t18-/m0/s1. The van der Waals surface area contributed by atoms with Gasteiger partial charge in [0.25, 0.3) is 5.91 Å². The lowest BCUT2D eigenvalue weighted by atomic mass is 10.1. The van der Waals surface area contributed by atoms with Crippen LogP contribution in [0.5, 0.6) is 0 Å². The molecule has 0 radical (unpaired) electrons. The maximum absolute atomic E-state index is 12.2. The molecule has 0 saturated carbocycles. The zero-order valence-corrected chi connectivity index (χ0v) is 16.9. The molecule has 0 aromatic carbocycles. The molecule has 1 rings (SSSR count). The van der Waals surface area contributed by atoms with Crippen molar-refractivity contribution in [3.63, 3.8) is 0 Å². The number of quaternary nitrogens is 1. The van der Waals surface area contributed by atoms with Gasteiger partial charge in [-0.2, -0.15) is 0 Å². The van der Waals surface area contributed by atoms with Crippen LogP contribution in [0.15, 0.2) is 0 Å². The Morgan fingerprint density at radius 1 is 1.15 bits per heavy atom. The number of unbranched alkanes of at least 4 members (excludes halogenated alkanes) is 5. The second-order valence-electron chi connectivity index (χ2n) is 7.82. The van der Waals surface area contributed by atoms with Crippen LogP contribution < -0.4 is 0 Å². The number of rotatable bonds is 10. The summed E-state index contributed by atoms with van der Waals surface area (Å²) in [5.41, 5.74) is 0. The van der Waals surface area contributed by atoms with Gasteiger partial charge in [-0.1, -0.05) is 44.9 Å². The smallest absolute Gasteiger partial charge is 0.434 e. The number of ether oxygens (including phenoxy) is 2. The first kappa shape index (κ1) is 22.3. The maximum Gasteiger partial charge on any atom is 0.509 e. The topological polar surface area (TPSA) is 55.8 Å². The summed E-state index contributed by atoms with van der Waals surface area (Å²) in [6.45, 7) is 4.21. The Kier molecular flexibility index (Phi) is 10.1. The van der Waals surface area contributed by atoms with Crippen molar-refractivity contribution in [3.8, 4) is 11.8 Å². The van der Waals surface area contributed by atoms with Gasteiger partial charge in [-0.3, -0.25) is 4.79 Å². The van der Waals surface area contributed by atoms with Gasteiger partial charge < -0.3 is 18.9 Å². The van der Waals surface area contributed by atoms with Crippen molar-refractivity contribution in [2.24, 2.45) is 0 Å². The quantitative estimate of drug-likeness (QED) is 0.258. The minimum Gasteiger partial charge on any atom is -0.434 e. The molecule has 1 fully saturated rings. The lowest BCUT2D eigenvalue weighted by Crippen LogP contribution is -2.35. The number of nitrogens with zero attached hydrogens (tertiary/aromatic N) is 2. The highest BCUT2D eigenvalue weighted by molar-refractivity contribution is 5.85. The molecule has 1 amide bonds. The predicted molar refractivity (Wildman–Crippen MR) is 101 cm³/mol. The molecule has 0 aromatic rings. The summed E-state index contributed by atoms with van der Waals surface area (Å²) in [4.78, 5) is 25.6. The molecule has 0 unspecified atom stereocenters. The van der Waals surface area contributed by atoms with Gasteiger partial charge in [0.05, 0.1) is 34.3 Å². The molecule has 0 aromatic heterocycles. The Morgan fingerprint density at radius 2 is 1.85 bits per heavy atom. The highest BCUT2D eigenvalue weighted by Gasteiger charge is 2.34. The van der Waals surface area contributed by atoms with E-state index in [1.165, 1.54) is 19.3 Å². The van der Waals surface area contributed by atoms with Crippen LogP contribution in [0.2, 0.25) is 0 Å². The summed E-state index contributed by atoms with van der Waals surface area (Å²) in [6.07, 6.45) is 5.78. The Labute approximate surface area is 158 Å². The molecule has 0 spiro atoms. The number of hydrogen-bond acceptors (Lipinski definition) is 4. The third kappa shape index (κ3) is 9.67. The summed E-state index contributed by atoms with van der Waals surface area (Å²) in [7, 11) is 6.20. The first-order valence-electron chi connectivity index (χ1n) is 9.72. The van der Waals surface area contributed by atoms with E-state index in [9.17, 15) is 9.59 Å². The van der Waals surface area contributed by atoms with Gasteiger partial charge in [0, 0.05) is 13.0 Å². The van der Waals surface area contributed by atoms with Crippen molar-refractivity contribution in [2.75, 3.05) is 47.4 Å². The van der Waals surface area contributed by atoms with Gasteiger partial charge in [0.15, 0.2) is 6.10 Å². The fourth-order valence-electron chi connectivity index (χ4n) is 2.61. The molecule has 26 heavy (non-hydrogen) atoms. The maximum atomic E-state index is 12.2. The van der Waals surface area contributed by atoms with Gasteiger partial charge in [-0.05, 0) is 12.3 Å². The molecule has 1 heterocycles. The molecule has 6 nitrogen and oxygen atoms in total. The third-order valence-electron chi connectivity index (χ3n) is 4.15. The average Bonchev–Trinajstić information content (AvgIpc) is 2.90. The summed E-state index contributed by atoms with van der Waals surface area (Å²) in [6, 6.07) is 0. The summed E-state index contributed by atoms with van der Waals surface area (Å²) in [5, 5.41) is 0. The molecular formula is C20H35N2O4+. The van der Waals surface area contributed by atoms with Crippen LogP contribution in [0.1, 0.15) is 51.9 Å². The molecule has 148 valence electrons. The lowest BCUT2D eigenvalue weighted by Gasteiger charge is -2.20. The van der Waals surface area contributed by atoms with E-state index in [1.807, 2.05) is 0 Å². The van der Waals surface area contributed by atoms with Gasteiger partial charge >= 0.3 is 6.16 Å². The van der Waals surface area contributed by atoms with E-state index in [0.29, 0.717) is 26.1 Å². The van der Waals surface area contributed by atoms with Crippen LogP contribution in [0.25, 0.3) is 0 Å².